The Kier molecular flexibility index (Phi) is 7.04. The molecule has 8 nitrogen and oxygen atoms in total. The molecule has 1 aliphatic rings. The number of nitrogens with zero attached hydrogens (tertiary/aromatic N) is 6. The van der Waals surface area contributed by atoms with Gasteiger partial charge in [0.1, 0.15) is 11.5 Å². The van der Waals surface area contributed by atoms with E-state index in [4.69, 9.17) is 0 Å². The van der Waals surface area contributed by atoms with Crippen molar-refractivity contribution >= 4 is 22.7 Å². The van der Waals surface area contributed by atoms with E-state index in [9.17, 15) is 4.79 Å². The van der Waals surface area contributed by atoms with Gasteiger partial charge >= 0.3 is 0 Å². The minimum absolute atomic E-state index is 0.216. The van der Waals surface area contributed by atoms with Gasteiger partial charge in [0.05, 0.1) is 17.5 Å². The van der Waals surface area contributed by atoms with Gasteiger partial charge in [-0.25, -0.2) is 9.37 Å². The van der Waals surface area contributed by atoms with E-state index < -0.39 is 5.82 Å². The zero-order chi connectivity index (χ0) is 27.6. The molecule has 4 heterocycles. The van der Waals surface area contributed by atoms with E-state index in [1.807, 2.05) is 19.1 Å². The van der Waals surface area contributed by atoms with E-state index >= 15 is 4.39 Å². The van der Waals surface area contributed by atoms with Crippen LogP contribution in [0.4, 0.5) is 16.0 Å². The van der Waals surface area contributed by atoms with Crippen molar-refractivity contribution in [3.05, 3.63) is 95.1 Å². The van der Waals surface area contributed by atoms with Crippen molar-refractivity contribution in [1.29, 1.82) is 0 Å². The van der Waals surface area contributed by atoms with E-state index in [1.165, 1.54) is 24.5 Å². The van der Waals surface area contributed by atoms with Crippen LogP contribution in [-0.4, -0.2) is 49.5 Å². The van der Waals surface area contributed by atoms with Crippen LogP contribution in [0.2, 0.25) is 0 Å². The molecule has 1 aliphatic heterocycles. The summed E-state index contributed by atoms with van der Waals surface area (Å²) in [6, 6.07) is 14.8. The number of hydrogen-bond donors (Lipinski definition) is 1. The van der Waals surface area contributed by atoms with Gasteiger partial charge in [0.25, 0.3) is 5.56 Å². The molecule has 3 aromatic heterocycles. The fourth-order valence-electron chi connectivity index (χ4n) is 5.36. The fraction of sp³-hybridized carbons (Fsp3) is 0.258. The van der Waals surface area contributed by atoms with E-state index in [0.717, 1.165) is 18.8 Å². The number of benzene rings is 2. The second-order valence-electron chi connectivity index (χ2n) is 10.2. The highest BCUT2D eigenvalue weighted by molar-refractivity contribution is 5.82. The summed E-state index contributed by atoms with van der Waals surface area (Å²) in [6.07, 6.45) is 8.69. The highest BCUT2D eigenvalue weighted by Crippen LogP contribution is 2.30. The number of piperidine rings is 1. The summed E-state index contributed by atoms with van der Waals surface area (Å²) in [4.78, 5) is 33.3. The molecule has 2 aromatic carbocycles. The molecule has 6 rings (SSSR count). The number of nitrogens with one attached hydrogen (secondary N) is 1. The Morgan fingerprint density at radius 1 is 0.975 bits per heavy atom. The number of halogens is 1. The van der Waals surface area contributed by atoms with E-state index in [-0.39, 0.29) is 16.7 Å². The second kappa shape index (κ2) is 10.9. The number of aryl methyl sites for hydroxylation is 1. The minimum atomic E-state index is -0.509. The Hall–Kier alpha value is -4.50. The first kappa shape index (κ1) is 25.8. The SMILES string of the molecule is CCn1c(=O)c(-c2ccc(-c3cnccn3)cc2F)cc2cnc(Nc3ccc(C4CCN(C)CC4)cc3)nc21. The molecule has 5 aromatic rings. The average Bonchev–Trinajstić information content (AvgIpc) is 2.98. The third kappa shape index (κ3) is 5.08. The molecule has 0 spiro atoms. The van der Waals surface area contributed by atoms with Crippen molar-refractivity contribution in [3.63, 3.8) is 0 Å². The summed E-state index contributed by atoms with van der Waals surface area (Å²) in [5.74, 6) is 0.474. The van der Waals surface area contributed by atoms with Gasteiger partial charge in [-0.15, -0.1) is 0 Å². The predicted molar refractivity (Wildman–Crippen MR) is 155 cm³/mol. The second-order valence-corrected chi connectivity index (χ2v) is 10.2. The van der Waals surface area contributed by atoms with Crippen LogP contribution in [0.25, 0.3) is 33.4 Å². The molecule has 1 saturated heterocycles. The van der Waals surface area contributed by atoms with Crippen LogP contribution in [0.5, 0.6) is 0 Å². The first-order chi connectivity index (χ1) is 19.5. The molecule has 1 fully saturated rings. The van der Waals surface area contributed by atoms with Gasteiger partial charge in [0, 0.05) is 47.3 Å². The number of pyridine rings is 1. The first-order valence-corrected chi connectivity index (χ1v) is 13.5. The van der Waals surface area contributed by atoms with E-state index in [0.29, 0.717) is 40.7 Å². The lowest BCUT2D eigenvalue weighted by molar-refractivity contribution is 0.255. The molecule has 0 aliphatic carbocycles. The van der Waals surface area contributed by atoms with Gasteiger partial charge in [-0.1, -0.05) is 24.3 Å². The molecule has 0 bridgehead atoms. The zero-order valence-corrected chi connectivity index (χ0v) is 22.5. The lowest BCUT2D eigenvalue weighted by Crippen LogP contribution is -2.29. The van der Waals surface area contributed by atoms with Crippen molar-refractivity contribution in [3.8, 4) is 22.4 Å². The number of hydrogen-bond acceptors (Lipinski definition) is 7. The predicted octanol–water partition coefficient (Wildman–Crippen LogP) is 5.63. The summed E-state index contributed by atoms with van der Waals surface area (Å²) in [7, 11) is 2.17. The maximum atomic E-state index is 15.3. The number of likely N-dealkylation sites (tertiary alicyclic amines) is 1. The van der Waals surface area contributed by atoms with Crippen molar-refractivity contribution in [2.45, 2.75) is 32.2 Å². The van der Waals surface area contributed by atoms with Gasteiger partial charge < -0.3 is 10.2 Å². The summed E-state index contributed by atoms with van der Waals surface area (Å²) < 4.78 is 16.8. The van der Waals surface area contributed by atoms with Gasteiger partial charge in [-0.3, -0.25) is 19.3 Å². The number of anilines is 2. The summed E-state index contributed by atoms with van der Waals surface area (Å²) in [5.41, 5.74) is 4.03. The normalized spacial score (nSPS) is 14.5. The Bertz CT molecular complexity index is 1710. The molecule has 0 atom stereocenters. The third-order valence-corrected chi connectivity index (χ3v) is 7.62. The van der Waals surface area contributed by atoms with E-state index in [2.05, 4.69) is 49.3 Å². The molecular weight excluding hydrogens is 505 g/mol. The molecule has 0 radical (unpaired) electrons. The van der Waals surface area contributed by atoms with Gasteiger partial charge in [-0.05, 0) is 75.6 Å². The molecule has 0 saturated carbocycles. The number of fused-ring (bicyclic) bond motifs is 1. The van der Waals surface area contributed by atoms with Crippen LogP contribution in [-0.2, 0) is 6.54 Å². The zero-order valence-electron chi connectivity index (χ0n) is 22.5. The Morgan fingerprint density at radius 2 is 1.77 bits per heavy atom. The van der Waals surface area contributed by atoms with Crippen molar-refractivity contribution in [2.24, 2.45) is 0 Å². The van der Waals surface area contributed by atoms with Crippen molar-refractivity contribution < 1.29 is 4.39 Å². The number of aromatic nitrogens is 5. The fourth-order valence-corrected chi connectivity index (χ4v) is 5.36. The first-order valence-electron chi connectivity index (χ1n) is 13.5. The van der Waals surface area contributed by atoms with Gasteiger partial charge in [0.15, 0.2) is 0 Å². The topological polar surface area (TPSA) is 88.8 Å². The maximum Gasteiger partial charge on any atom is 0.260 e. The average molecular weight is 536 g/mol. The van der Waals surface area contributed by atoms with E-state index in [1.54, 1.807) is 47.6 Å². The largest absolute Gasteiger partial charge is 0.324 e. The van der Waals surface area contributed by atoms with Crippen molar-refractivity contribution in [1.82, 2.24) is 29.4 Å². The molecule has 0 amide bonds. The summed E-state index contributed by atoms with van der Waals surface area (Å²) in [6.45, 7) is 4.49. The monoisotopic (exact) mass is 535 g/mol. The van der Waals surface area contributed by atoms with Crippen molar-refractivity contribution in [2.75, 3.05) is 25.5 Å². The van der Waals surface area contributed by atoms with Crippen LogP contribution in [0.15, 0.2) is 78.1 Å². The molecular formula is C31H30FN7O. The molecule has 9 heteroatoms. The summed E-state index contributed by atoms with van der Waals surface area (Å²) in [5, 5.41) is 3.91. The Balaban J connectivity index is 1.28. The van der Waals surface area contributed by atoms with Crippen LogP contribution in [0.1, 0.15) is 31.2 Å². The third-order valence-electron chi connectivity index (χ3n) is 7.62. The standard InChI is InChI=1S/C31H30FN7O/c1-3-39-29-23(16-26(30(39)40)25-9-6-22(17-27(25)32)28-19-33-12-13-34-28)18-35-31(37-29)36-24-7-4-20(5-8-24)21-10-14-38(2)15-11-21/h4-9,12-13,16-19,21H,3,10-11,14-15H2,1-2H3,(H,35,36,37). The van der Waals surface area contributed by atoms with Crippen LogP contribution < -0.4 is 10.9 Å². The molecule has 202 valence electrons. The quantitative estimate of drug-likeness (QED) is 0.302. The van der Waals surface area contributed by atoms with Crippen LogP contribution >= 0.6 is 0 Å². The lowest BCUT2D eigenvalue weighted by atomic mass is 9.89. The number of rotatable bonds is 6. The van der Waals surface area contributed by atoms with Crippen LogP contribution in [0, 0.1) is 5.82 Å². The minimum Gasteiger partial charge on any atom is -0.324 e. The molecule has 40 heavy (non-hydrogen) atoms. The van der Waals surface area contributed by atoms with Gasteiger partial charge in [-0.2, -0.15) is 4.98 Å². The maximum absolute atomic E-state index is 15.3. The highest BCUT2D eigenvalue weighted by Gasteiger charge is 2.19. The summed E-state index contributed by atoms with van der Waals surface area (Å²) >= 11 is 0. The van der Waals surface area contributed by atoms with Gasteiger partial charge in [0.2, 0.25) is 5.95 Å². The Morgan fingerprint density at radius 3 is 2.48 bits per heavy atom. The Labute approximate surface area is 231 Å². The smallest absolute Gasteiger partial charge is 0.260 e. The highest BCUT2D eigenvalue weighted by atomic mass is 19.1. The lowest BCUT2D eigenvalue weighted by Gasteiger charge is -2.29. The van der Waals surface area contributed by atoms with Crippen LogP contribution in [0.3, 0.4) is 0 Å². The molecule has 0 unspecified atom stereocenters. The molecule has 1 N–H and O–H groups in total.